The molecule has 1 heterocycles. The third-order valence-corrected chi connectivity index (χ3v) is 7.17. The molecule has 186 valence electrons. The second kappa shape index (κ2) is 19.7. The largest absolute Gasteiger partial charge is 0.188 e. The van der Waals surface area contributed by atoms with Crippen molar-refractivity contribution >= 4 is 7.85 Å². The van der Waals surface area contributed by atoms with Crippen LogP contribution in [0, 0.1) is 0 Å². The Morgan fingerprint density at radius 1 is 0.562 bits per heavy atom. The van der Waals surface area contributed by atoms with Crippen LogP contribution in [0.4, 0.5) is 0 Å². The van der Waals surface area contributed by atoms with Gasteiger partial charge in [0, 0.05) is 18.9 Å². The Kier molecular flexibility index (Phi) is 18.0. The predicted octanol–water partition coefficient (Wildman–Crippen LogP) is 8.51. The molecule has 0 saturated heterocycles. The minimum Gasteiger partial charge on any atom is -0.188 e. The van der Waals surface area contributed by atoms with Gasteiger partial charge in [-0.25, -0.2) is 0 Å². The van der Waals surface area contributed by atoms with E-state index in [0.29, 0.717) is 11.8 Å². The molecule has 0 spiro atoms. The molecular formula is C28H56BN3. The molecule has 0 radical (unpaired) electrons. The molecule has 0 aliphatic rings. The molecule has 0 aliphatic carbocycles. The van der Waals surface area contributed by atoms with Crippen LogP contribution < -0.4 is 0 Å². The molecule has 0 N–H and O–H groups in total. The zero-order valence-corrected chi connectivity index (χ0v) is 22.6. The molecule has 0 aliphatic heterocycles. The molecular weight excluding hydrogens is 389 g/mol. The van der Waals surface area contributed by atoms with E-state index in [1.807, 2.05) is 11.8 Å². The summed E-state index contributed by atoms with van der Waals surface area (Å²) in [7, 11) is 4.36. The Morgan fingerprint density at radius 2 is 0.906 bits per heavy atom. The first-order valence-electron chi connectivity index (χ1n) is 14.6. The summed E-state index contributed by atoms with van der Waals surface area (Å²) in [6.07, 6.45) is 26.8. The predicted molar refractivity (Wildman–Crippen MR) is 145 cm³/mol. The molecule has 1 aromatic heterocycles. The standard InChI is InChI=1S/C28H56BN3/c1-5-8-11-15-20-25(21-16-12-9-6-2)27-28(31-32(4)30-27)26(22-17-13-10-7-3)23-18-14-19-24-29/h25-26H,5-24,29H2,1-4H3. The fraction of sp³-hybridized carbons (Fsp3) is 0.929. The molecule has 4 heteroatoms. The first kappa shape index (κ1) is 29.2. The number of rotatable bonds is 22. The Bertz CT molecular complexity index is 473. The summed E-state index contributed by atoms with van der Waals surface area (Å²) in [5.41, 5.74) is 2.74. The van der Waals surface area contributed by atoms with Gasteiger partial charge in [-0.2, -0.15) is 15.0 Å². The lowest BCUT2D eigenvalue weighted by Crippen LogP contribution is -2.09. The molecule has 1 rings (SSSR count). The van der Waals surface area contributed by atoms with Crippen LogP contribution in [-0.2, 0) is 7.05 Å². The monoisotopic (exact) mass is 445 g/mol. The van der Waals surface area contributed by atoms with Crippen molar-refractivity contribution in [2.75, 3.05) is 0 Å². The van der Waals surface area contributed by atoms with E-state index >= 15 is 0 Å². The summed E-state index contributed by atoms with van der Waals surface area (Å²) in [6, 6.07) is 0. The van der Waals surface area contributed by atoms with Crippen LogP contribution in [-0.4, -0.2) is 22.8 Å². The van der Waals surface area contributed by atoms with Crippen molar-refractivity contribution in [3.63, 3.8) is 0 Å². The average Bonchev–Trinajstić information content (AvgIpc) is 3.18. The number of unbranched alkanes of at least 4 members (excludes halogenated alkanes) is 11. The third kappa shape index (κ3) is 12.4. The zero-order valence-electron chi connectivity index (χ0n) is 22.6. The summed E-state index contributed by atoms with van der Waals surface area (Å²) in [4.78, 5) is 1.89. The van der Waals surface area contributed by atoms with Crippen LogP contribution in [0.15, 0.2) is 0 Å². The Labute approximate surface area is 202 Å². The maximum Gasteiger partial charge on any atom is 0.101 e. The summed E-state index contributed by atoms with van der Waals surface area (Å²) in [6.45, 7) is 6.93. The Hall–Kier alpha value is -0.795. The van der Waals surface area contributed by atoms with Crippen molar-refractivity contribution in [3.8, 4) is 0 Å². The van der Waals surface area contributed by atoms with Gasteiger partial charge in [0.05, 0.1) is 11.4 Å². The van der Waals surface area contributed by atoms with Crippen LogP contribution in [0.2, 0.25) is 6.32 Å². The van der Waals surface area contributed by atoms with Gasteiger partial charge in [0.2, 0.25) is 0 Å². The first-order chi connectivity index (χ1) is 15.7. The van der Waals surface area contributed by atoms with E-state index in [-0.39, 0.29) is 0 Å². The molecule has 3 nitrogen and oxygen atoms in total. The fourth-order valence-corrected chi connectivity index (χ4v) is 5.12. The molecule has 0 bridgehead atoms. The lowest BCUT2D eigenvalue weighted by Gasteiger charge is -2.20. The van der Waals surface area contributed by atoms with Gasteiger partial charge in [-0.05, 0) is 25.7 Å². The summed E-state index contributed by atoms with van der Waals surface area (Å²) in [5.74, 6) is 1.22. The highest BCUT2D eigenvalue weighted by Gasteiger charge is 2.25. The van der Waals surface area contributed by atoms with Gasteiger partial charge < -0.3 is 0 Å². The molecule has 1 atom stereocenters. The van der Waals surface area contributed by atoms with E-state index < -0.39 is 0 Å². The number of aromatic nitrogens is 3. The van der Waals surface area contributed by atoms with Crippen LogP contribution >= 0.6 is 0 Å². The quantitative estimate of drug-likeness (QED) is 0.132. The molecule has 1 unspecified atom stereocenters. The van der Waals surface area contributed by atoms with E-state index in [4.69, 9.17) is 10.2 Å². The average molecular weight is 446 g/mol. The number of hydrogen-bond donors (Lipinski definition) is 0. The lowest BCUT2D eigenvalue weighted by atomic mass is 9.84. The Morgan fingerprint density at radius 3 is 1.22 bits per heavy atom. The lowest BCUT2D eigenvalue weighted by molar-refractivity contribution is 0.464. The fourth-order valence-electron chi connectivity index (χ4n) is 5.12. The third-order valence-electron chi connectivity index (χ3n) is 7.17. The van der Waals surface area contributed by atoms with Crippen LogP contribution in [0.25, 0.3) is 0 Å². The number of aryl methyl sites for hydroxylation is 1. The maximum atomic E-state index is 5.02. The summed E-state index contributed by atoms with van der Waals surface area (Å²) in [5, 5.41) is 10.0. The second-order valence-corrected chi connectivity index (χ2v) is 10.3. The van der Waals surface area contributed by atoms with E-state index in [0.717, 1.165) is 0 Å². The first-order valence-corrected chi connectivity index (χ1v) is 14.6. The smallest absolute Gasteiger partial charge is 0.101 e. The van der Waals surface area contributed by atoms with Gasteiger partial charge in [-0.15, -0.1) is 0 Å². The molecule has 1 aromatic rings. The van der Waals surface area contributed by atoms with Crippen molar-refractivity contribution in [1.29, 1.82) is 0 Å². The second-order valence-electron chi connectivity index (χ2n) is 10.3. The van der Waals surface area contributed by atoms with E-state index in [1.54, 1.807) is 0 Å². The molecule has 0 fully saturated rings. The van der Waals surface area contributed by atoms with Gasteiger partial charge in [-0.3, -0.25) is 0 Å². The van der Waals surface area contributed by atoms with Crippen molar-refractivity contribution in [2.45, 2.75) is 161 Å². The van der Waals surface area contributed by atoms with Gasteiger partial charge in [-0.1, -0.05) is 123 Å². The molecule has 0 amide bonds. The Balaban J connectivity index is 2.95. The van der Waals surface area contributed by atoms with E-state index in [9.17, 15) is 0 Å². The minimum atomic E-state index is 0.612. The summed E-state index contributed by atoms with van der Waals surface area (Å²) >= 11 is 0. The van der Waals surface area contributed by atoms with Crippen molar-refractivity contribution < 1.29 is 0 Å². The van der Waals surface area contributed by atoms with Crippen molar-refractivity contribution in [1.82, 2.24) is 15.0 Å². The molecule has 0 aromatic carbocycles. The van der Waals surface area contributed by atoms with E-state index in [1.165, 1.54) is 140 Å². The topological polar surface area (TPSA) is 30.7 Å². The summed E-state index contributed by atoms with van der Waals surface area (Å²) < 4.78 is 0. The normalized spacial score (nSPS) is 12.7. The number of hydrogen-bond acceptors (Lipinski definition) is 2. The maximum absolute atomic E-state index is 5.02. The van der Waals surface area contributed by atoms with Gasteiger partial charge >= 0.3 is 0 Å². The van der Waals surface area contributed by atoms with Crippen LogP contribution in [0.5, 0.6) is 0 Å². The van der Waals surface area contributed by atoms with Gasteiger partial charge in [0.25, 0.3) is 0 Å². The number of nitrogens with zero attached hydrogens (tertiary/aromatic N) is 3. The minimum absolute atomic E-state index is 0.612. The van der Waals surface area contributed by atoms with Crippen LogP contribution in [0.3, 0.4) is 0 Å². The van der Waals surface area contributed by atoms with Crippen LogP contribution in [0.1, 0.15) is 166 Å². The van der Waals surface area contributed by atoms with Crippen molar-refractivity contribution in [2.24, 2.45) is 7.05 Å². The van der Waals surface area contributed by atoms with E-state index in [2.05, 4.69) is 28.6 Å². The van der Waals surface area contributed by atoms with Gasteiger partial charge in [0.15, 0.2) is 0 Å². The zero-order chi connectivity index (χ0) is 23.4. The highest BCUT2D eigenvalue weighted by atomic mass is 15.5. The highest BCUT2D eigenvalue weighted by Crippen LogP contribution is 2.36. The van der Waals surface area contributed by atoms with Crippen molar-refractivity contribution in [3.05, 3.63) is 11.4 Å². The molecule has 0 saturated carbocycles. The SMILES string of the molecule is BCCCCCC(CCCCCC)c1nn(C)nc1C(CCCCCC)CCCCCC. The highest BCUT2D eigenvalue weighted by molar-refractivity contribution is 6.08. The molecule has 32 heavy (non-hydrogen) atoms. The van der Waals surface area contributed by atoms with Gasteiger partial charge in [0.1, 0.15) is 7.85 Å².